The fraction of sp³-hybridized carbons (Fsp3) is 0.250. The topological polar surface area (TPSA) is 109 Å². The van der Waals surface area contributed by atoms with E-state index in [0.29, 0.717) is 0 Å². The summed E-state index contributed by atoms with van der Waals surface area (Å²) in [6, 6.07) is 3.53. The van der Waals surface area contributed by atoms with E-state index in [2.05, 4.69) is 11.2 Å². The Morgan fingerprint density at radius 3 is 2.47 bits per heavy atom. The van der Waals surface area contributed by atoms with E-state index in [0.717, 1.165) is 6.07 Å². The normalized spacial score (nSPS) is 11.7. The van der Waals surface area contributed by atoms with Crippen molar-refractivity contribution in [2.75, 3.05) is 5.32 Å². The zero-order chi connectivity index (χ0) is 14.8. The van der Waals surface area contributed by atoms with Crippen LogP contribution in [0.3, 0.4) is 0 Å². The molecular weight excluding hydrogens is 268 g/mol. The molecule has 0 spiro atoms. The van der Waals surface area contributed by atoms with Crippen molar-refractivity contribution in [3.05, 3.63) is 23.8 Å². The van der Waals surface area contributed by atoms with Crippen LogP contribution in [0.4, 0.5) is 5.69 Å². The van der Waals surface area contributed by atoms with Crippen molar-refractivity contribution in [1.29, 1.82) is 0 Å². The first-order chi connectivity index (χ1) is 8.57. The van der Waals surface area contributed by atoms with Crippen molar-refractivity contribution in [2.24, 2.45) is 5.14 Å². The van der Waals surface area contributed by atoms with Crippen molar-refractivity contribution in [1.82, 2.24) is 0 Å². The Kier molecular flexibility index (Phi) is 3.88. The van der Waals surface area contributed by atoms with Gasteiger partial charge in [-0.3, -0.25) is 0 Å². The number of rotatable bonds is 4. The van der Waals surface area contributed by atoms with Crippen LogP contribution in [-0.4, -0.2) is 25.0 Å². The second kappa shape index (κ2) is 4.91. The lowest BCUT2D eigenvalue weighted by molar-refractivity contribution is 0.0697. The summed E-state index contributed by atoms with van der Waals surface area (Å²) in [7, 11) is -3.96. The van der Waals surface area contributed by atoms with Gasteiger partial charge in [0.1, 0.15) is 0 Å². The number of nitrogens with two attached hydrogens (primary N) is 1. The summed E-state index contributed by atoms with van der Waals surface area (Å²) in [4.78, 5) is 10.9. The van der Waals surface area contributed by atoms with Crippen LogP contribution >= 0.6 is 0 Å². The molecule has 4 N–H and O–H groups in total. The Morgan fingerprint density at radius 1 is 1.47 bits per heavy atom. The number of carbonyl (C=O) groups is 1. The maximum atomic E-state index is 11.2. The molecule has 0 fully saturated rings. The first-order valence-corrected chi connectivity index (χ1v) is 6.77. The molecule has 6 nitrogen and oxygen atoms in total. The van der Waals surface area contributed by atoms with Crippen LogP contribution in [0.2, 0.25) is 0 Å². The maximum Gasteiger partial charge on any atom is 0.337 e. The highest BCUT2D eigenvalue weighted by Gasteiger charge is 2.20. The van der Waals surface area contributed by atoms with Gasteiger partial charge >= 0.3 is 5.97 Å². The van der Waals surface area contributed by atoms with Crippen molar-refractivity contribution in [3.63, 3.8) is 0 Å². The van der Waals surface area contributed by atoms with Crippen LogP contribution in [0.5, 0.6) is 0 Å². The van der Waals surface area contributed by atoms with Crippen molar-refractivity contribution < 1.29 is 18.3 Å². The molecule has 1 aromatic rings. The molecule has 1 aromatic carbocycles. The van der Waals surface area contributed by atoms with Crippen LogP contribution in [0.25, 0.3) is 0 Å². The zero-order valence-electron chi connectivity index (χ0n) is 10.5. The van der Waals surface area contributed by atoms with Gasteiger partial charge in [-0.1, -0.05) is 5.92 Å². The smallest absolute Gasteiger partial charge is 0.337 e. The number of nitrogens with one attached hydrogen (secondary N) is 1. The molecule has 1 rings (SSSR count). The number of benzene rings is 1. The first-order valence-electron chi connectivity index (χ1n) is 5.23. The van der Waals surface area contributed by atoms with Gasteiger partial charge in [0.2, 0.25) is 10.0 Å². The fourth-order valence-corrected chi connectivity index (χ4v) is 1.90. The third-order valence-corrected chi connectivity index (χ3v) is 3.27. The van der Waals surface area contributed by atoms with Crippen molar-refractivity contribution in [3.8, 4) is 12.3 Å². The minimum atomic E-state index is -3.96. The first kappa shape index (κ1) is 15.0. The van der Waals surface area contributed by atoms with Crippen LogP contribution in [0.15, 0.2) is 23.1 Å². The number of carboxylic acids is 1. The summed E-state index contributed by atoms with van der Waals surface area (Å²) >= 11 is 0. The summed E-state index contributed by atoms with van der Waals surface area (Å²) in [6.45, 7) is 3.37. The van der Waals surface area contributed by atoms with Gasteiger partial charge in [0.15, 0.2) is 0 Å². The van der Waals surface area contributed by atoms with E-state index < -0.39 is 21.5 Å². The van der Waals surface area contributed by atoms with Gasteiger partial charge < -0.3 is 10.4 Å². The molecule has 102 valence electrons. The van der Waals surface area contributed by atoms with Gasteiger partial charge in [-0.05, 0) is 32.0 Å². The van der Waals surface area contributed by atoms with E-state index in [9.17, 15) is 13.2 Å². The van der Waals surface area contributed by atoms with E-state index >= 15 is 0 Å². The number of hydrogen-bond acceptors (Lipinski definition) is 4. The monoisotopic (exact) mass is 282 g/mol. The van der Waals surface area contributed by atoms with Gasteiger partial charge in [-0.25, -0.2) is 18.4 Å². The average molecular weight is 282 g/mol. The van der Waals surface area contributed by atoms with Gasteiger partial charge in [-0.15, -0.1) is 6.42 Å². The molecule has 0 saturated heterocycles. The van der Waals surface area contributed by atoms with Crippen LogP contribution < -0.4 is 10.5 Å². The molecular formula is C12H14N2O4S. The highest BCUT2D eigenvalue weighted by Crippen LogP contribution is 2.23. The molecule has 0 atom stereocenters. The Balaban J connectivity index is 3.37. The molecule has 0 aromatic heterocycles. The summed E-state index contributed by atoms with van der Waals surface area (Å²) in [5, 5.41) is 16.9. The fourth-order valence-electron chi connectivity index (χ4n) is 1.36. The Hall–Kier alpha value is -2.04. The number of primary sulfonamides is 1. The van der Waals surface area contributed by atoms with Crippen LogP contribution in [-0.2, 0) is 10.0 Å². The Morgan fingerprint density at radius 2 is 2.05 bits per heavy atom. The molecule has 0 bridgehead atoms. The van der Waals surface area contributed by atoms with E-state index in [1.807, 2.05) is 0 Å². The number of terminal acetylenes is 1. The Bertz CT molecular complexity index is 657. The minimum absolute atomic E-state index is 0.213. The molecule has 0 amide bonds. The summed E-state index contributed by atoms with van der Waals surface area (Å²) in [5.74, 6) is 1.18. The van der Waals surface area contributed by atoms with Gasteiger partial charge in [0, 0.05) is 5.69 Å². The predicted molar refractivity (Wildman–Crippen MR) is 71.3 cm³/mol. The second-order valence-electron chi connectivity index (χ2n) is 4.45. The quantitative estimate of drug-likeness (QED) is 0.709. The summed E-state index contributed by atoms with van der Waals surface area (Å²) < 4.78 is 22.4. The van der Waals surface area contributed by atoms with E-state index in [-0.39, 0.29) is 16.1 Å². The molecule has 0 aliphatic carbocycles. The predicted octanol–water partition coefficient (Wildman–Crippen LogP) is 0.856. The van der Waals surface area contributed by atoms with Crippen LogP contribution in [0.1, 0.15) is 24.2 Å². The number of sulfonamides is 1. The maximum absolute atomic E-state index is 11.2. The molecule has 0 aliphatic rings. The van der Waals surface area contributed by atoms with Crippen molar-refractivity contribution in [2.45, 2.75) is 24.3 Å². The average Bonchev–Trinajstić information content (AvgIpc) is 2.27. The van der Waals surface area contributed by atoms with E-state index in [1.54, 1.807) is 13.8 Å². The van der Waals surface area contributed by atoms with Gasteiger partial charge in [-0.2, -0.15) is 0 Å². The molecule has 19 heavy (non-hydrogen) atoms. The van der Waals surface area contributed by atoms with Crippen LogP contribution in [0, 0.1) is 12.3 Å². The lowest BCUT2D eigenvalue weighted by atomic mass is 10.0. The Labute approximate surface area is 111 Å². The second-order valence-corrected chi connectivity index (χ2v) is 6.01. The number of aromatic carboxylic acids is 1. The van der Waals surface area contributed by atoms with E-state index in [1.165, 1.54) is 12.1 Å². The molecule has 0 radical (unpaired) electrons. The molecule has 0 unspecified atom stereocenters. The standard InChI is InChI=1S/C12H14N2O4S/c1-4-12(2,3)14-10-6-5-8(19(13,17)18)7-9(10)11(15)16/h1,5-7,14H,2-3H3,(H,15,16)(H2,13,17,18). The highest BCUT2D eigenvalue weighted by atomic mass is 32.2. The van der Waals surface area contributed by atoms with Crippen molar-refractivity contribution >= 4 is 21.7 Å². The third-order valence-electron chi connectivity index (χ3n) is 2.36. The summed E-state index contributed by atoms with van der Waals surface area (Å²) in [5.41, 5.74) is -0.759. The number of hydrogen-bond donors (Lipinski definition) is 3. The van der Waals surface area contributed by atoms with E-state index in [4.69, 9.17) is 16.7 Å². The molecule has 0 saturated carbocycles. The lowest BCUT2D eigenvalue weighted by Crippen LogP contribution is -2.29. The largest absolute Gasteiger partial charge is 0.478 e. The summed E-state index contributed by atoms with van der Waals surface area (Å²) in [6.07, 6.45) is 5.30. The zero-order valence-corrected chi connectivity index (χ0v) is 11.3. The minimum Gasteiger partial charge on any atom is -0.478 e. The number of carboxylic acid groups (broad SMARTS) is 1. The van der Waals surface area contributed by atoms with Gasteiger partial charge in [0.25, 0.3) is 0 Å². The lowest BCUT2D eigenvalue weighted by Gasteiger charge is -2.22. The highest BCUT2D eigenvalue weighted by molar-refractivity contribution is 7.89. The molecule has 0 heterocycles. The third kappa shape index (κ3) is 3.71. The molecule has 0 aliphatic heterocycles. The SMILES string of the molecule is C#CC(C)(C)Nc1ccc(S(N)(=O)=O)cc1C(=O)O. The number of anilines is 1. The molecule has 7 heteroatoms. The van der Waals surface area contributed by atoms with Gasteiger partial charge in [0.05, 0.1) is 16.0 Å².